The average Bonchev–Trinajstić information content (AvgIpc) is 2.69. The SMILES string of the molecule is Cc1c(N)cc(Br)cc1C(=O)c1ccc(Cl)s1. The maximum absolute atomic E-state index is 12.3. The third kappa shape index (κ3) is 2.54. The van der Waals surface area contributed by atoms with Crippen molar-refractivity contribution in [3.63, 3.8) is 0 Å². The van der Waals surface area contributed by atoms with Crippen LogP contribution in [-0.2, 0) is 0 Å². The highest BCUT2D eigenvalue weighted by Crippen LogP contribution is 2.28. The van der Waals surface area contributed by atoms with Gasteiger partial charge in [-0.3, -0.25) is 4.79 Å². The minimum absolute atomic E-state index is 0.0487. The highest BCUT2D eigenvalue weighted by Gasteiger charge is 2.16. The van der Waals surface area contributed by atoms with Crippen LogP contribution in [0, 0.1) is 6.92 Å². The van der Waals surface area contributed by atoms with Gasteiger partial charge in [0, 0.05) is 15.7 Å². The molecule has 0 aliphatic heterocycles. The zero-order valence-electron chi connectivity index (χ0n) is 8.96. The number of hydrogen-bond donors (Lipinski definition) is 1. The summed E-state index contributed by atoms with van der Waals surface area (Å²) < 4.78 is 1.40. The molecule has 0 spiro atoms. The molecule has 0 aliphatic carbocycles. The minimum atomic E-state index is -0.0487. The Bertz CT molecular complexity index is 594. The maximum atomic E-state index is 12.3. The Balaban J connectivity index is 2.51. The van der Waals surface area contributed by atoms with Gasteiger partial charge in [-0.1, -0.05) is 27.5 Å². The van der Waals surface area contributed by atoms with Crippen LogP contribution in [0.3, 0.4) is 0 Å². The summed E-state index contributed by atoms with van der Waals surface area (Å²) in [6.07, 6.45) is 0. The molecule has 2 N–H and O–H groups in total. The highest BCUT2D eigenvalue weighted by atomic mass is 79.9. The van der Waals surface area contributed by atoms with Gasteiger partial charge in [0.1, 0.15) is 0 Å². The van der Waals surface area contributed by atoms with Crippen LogP contribution >= 0.6 is 38.9 Å². The number of anilines is 1. The highest BCUT2D eigenvalue weighted by molar-refractivity contribution is 9.10. The van der Waals surface area contributed by atoms with Crippen molar-refractivity contribution < 1.29 is 4.79 Å². The molecule has 2 nitrogen and oxygen atoms in total. The Hall–Kier alpha value is -0.840. The van der Waals surface area contributed by atoms with E-state index in [1.54, 1.807) is 24.3 Å². The minimum Gasteiger partial charge on any atom is -0.398 e. The van der Waals surface area contributed by atoms with Gasteiger partial charge < -0.3 is 5.73 Å². The second-order valence-electron chi connectivity index (χ2n) is 3.60. The van der Waals surface area contributed by atoms with Crippen molar-refractivity contribution >= 4 is 50.3 Å². The molecule has 0 atom stereocenters. The average molecular weight is 331 g/mol. The van der Waals surface area contributed by atoms with E-state index in [0.29, 0.717) is 20.5 Å². The molecule has 88 valence electrons. The molecule has 0 bridgehead atoms. The molecule has 0 saturated heterocycles. The molecule has 0 aliphatic rings. The Kier molecular flexibility index (Phi) is 3.56. The zero-order chi connectivity index (χ0) is 12.6. The van der Waals surface area contributed by atoms with Crippen molar-refractivity contribution in [2.75, 3.05) is 5.73 Å². The lowest BCUT2D eigenvalue weighted by Gasteiger charge is -2.07. The lowest BCUT2D eigenvalue weighted by atomic mass is 10.0. The number of halogens is 2. The number of ketones is 1. The summed E-state index contributed by atoms with van der Waals surface area (Å²) in [4.78, 5) is 12.9. The number of nitrogens with two attached hydrogens (primary N) is 1. The van der Waals surface area contributed by atoms with Gasteiger partial charge in [0.15, 0.2) is 0 Å². The van der Waals surface area contributed by atoms with Gasteiger partial charge in [0.2, 0.25) is 5.78 Å². The van der Waals surface area contributed by atoms with Crippen molar-refractivity contribution in [3.8, 4) is 0 Å². The summed E-state index contributed by atoms with van der Waals surface area (Å²) in [6, 6.07) is 7.01. The summed E-state index contributed by atoms with van der Waals surface area (Å²) in [6.45, 7) is 1.84. The van der Waals surface area contributed by atoms with Crippen molar-refractivity contribution in [2.45, 2.75) is 6.92 Å². The van der Waals surface area contributed by atoms with E-state index >= 15 is 0 Å². The summed E-state index contributed by atoms with van der Waals surface area (Å²) in [7, 11) is 0. The largest absolute Gasteiger partial charge is 0.398 e. The molecule has 0 saturated carbocycles. The van der Waals surface area contributed by atoms with Gasteiger partial charge in [-0.15, -0.1) is 11.3 Å². The van der Waals surface area contributed by atoms with E-state index in [-0.39, 0.29) is 5.78 Å². The van der Waals surface area contributed by atoms with Crippen molar-refractivity contribution in [1.82, 2.24) is 0 Å². The normalized spacial score (nSPS) is 10.5. The second-order valence-corrected chi connectivity index (χ2v) is 6.23. The first kappa shape index (κ1) is 12.6. The maximum Gasteiger partial charge on any atom is 0.203 e. The Labute approximate surface area is 117 Å². The number of carbonyl (C=O) groups is 1. The standard InChI is InChI=1S/C12H9BrClNOS/c1-6-8(4-7(13)5-9(6)15)12(16)10-2-3-11(14)17-10/h2-5H,15H2,1H3. The number of rotatable bonds is 2. The van der Waals surface area contributed by atoms with Gasteiger partial charge in [-0.05, 0) is 36.8 Å². The topological polar surface area (TPSA) is 43.1 Å². The predicted molar refractivity (Wildman–Crippen MR) is 76.1 cm³/mol. The third-order valence-electron chi connectivity index (χ3n) is 2.45. The molecule has 2 aromatic rings. The Morgan fingerprint density at radius 1 is 1.41 bits per heavy atom. The Morgan fingerprint density at radius 3 is 2.71 bits per heavy atom. The molecular weight excluding hydrogens is 322 g/mol. The van der Waals surface area contributed by atoms with Crippen molar-refractivity contribution in [2.24, 2.45) is 0 Å². The number of thiophene rings is 1. The predicted octanol–water partition coefficient (Wildman–Crippen LogP) is 4.29. The number of nitrogen functional groups attached to an aromatic ring is 1. The Morgan fingerprint density at radius 2 is 2.12 bits per heavy atom. The smallest absolute Gasteiger partial charge is 0.203 e. The quantitative estimate of drug-likeness (QED) is 0.659. The number of carbonyl (C=O) groups excluding carboxylic acids is 1. The summed E-state index contributed by atoms with van der Waals surface area (Å²) >= 11 is 10.4. The van der Waals surface area contributed by atoms with Crippen LogP contribution in [0.15, 0.2) is 28.7 Å². The lowest BCUT2D eigenvalue weighted by molar-refractivity contribution is 0.104. The molecule has 0 radical (unpaired) electrons. The van der Waals surface area contributed by atoms with Crippen LogP contribution in [-0.4, -0.2) is 5.78 Å². The first-order valence-corrected chi connectivity index (χ1v) is 6.83. The van der Waals surface area contributed by atoms with Crippen LogP contribution in [0.4, 0.5) is 5.69 Å². The molecule has 17 heavy (non-hydrogen) atoms. The fraction of sp³-hybridized carbons (Fsp3) is 0.0833. The van der Waals surface area contributed by atoms with Gasteiger partial charge in [-0.2, -0.15) is 0 Å². The van der Waals surface area contributed by atoms with Gasteiger partial charge in [-0.25, -0.2) is 0 Å². The van der Waals surface area contributed by atoms with Crippen LogP contribution < -0.4 is 5.73 Å². The van der Waals surface area contributed by atoms with Crippen molar-refractivity contribution in [1.29, 1.82) is 0 Å². The first-order valence-electron chi connectivity index (χ1n) is 4.84. The summed E-state index contributed by atoms with van der Waals surface area (Å²) in [5.41, 5.74) is 7.84. The molecule has 1 aromatic heterocycles. The monoisotopic (exact) mass is 329 g/mol. The van der Waals surface area contributed by atoms with E-state index in [4.69, 9.17) is 17.3 Å². The van der Waals surface area contributed by atoms with Crippen LogP contribution in [0.5, 0.6) is 0 Å². The van der Waals surface area contributed by atoms with Gasteiger partial charge in [0.05, 0.1) is 9.21 Å². The van der Waals surface area contributed by atoms with E-state index in [2.05, 4.69) is 15.9 Å². The molecular formula is C12H9BrClNOS. The van der Waals surface area contributed by atoms with Crippen molar-refractivity contribution in [3.05, 3.63) is 49.1 Å². The van der Waals surface area contributed by atoms with E-state index in [9.17, 15) is 4.79 Å². The molecule has 2 rings (SSSR count). The van der Waals surface area contributed by atoms with E-state index in [0.717, 1.165) is 10.0 Å². The van der Waals surface area contributed by atoms with Gasteiger partial charge >= 0.3 is 0 Å². The van der Waals surface area contributed by atoms with E-state index in [1.807, 2.05) is 6.92 Å². The van der Waals surface area contributed by atoms with E-state index in [1.165, 1.54) is 11.3 Å². The third-order valence-corrected chi connectivity index (χ3v) is 4.14. The molecule has 1 aromatic carbocycles. The summed E-state index contributed by atoms with van der Waals surface area (Å²) in [5.74, 6) is -0.0487. The fourth-order valence-corrected chi connectivity index (χ4v) is 2.98. The fourth-order valence-electron chi connectivity index (χ4n) is 1.51. The summed E-state index contributed by atoms with van der Waals surface area (Å²) in [5, 5.41) is 0. The molecule has 0 amide bonds. The number of benzene rings is 1. The number of hydrogen-bond acceptors (Lipinski definition) is 3. The van der Waals surface area contributed by atoms with Crippen LogP contribution in [0.1, 0.15) is 20.8 Å². The molecule has 1 heterocycles. The first-order chi connectivity index (χ1) is 7.99. The molecule has 0 fully saturated rings. The second kappa shape index (κ2) is 4.80. The van der Waals surface area contributed by atoms with E-state index < -0.39 is 0 Å². The van der Waals surface area contributed by atoms with Crippen LogP contribution in [0.25, 0.3) is 0 Å². The zero-order valence-corrected chi connectivity index (χ0v) is 12.1. The molecule has 5 heteroatoms. The lowest BCUT2D eigenvalue weighted by Crippen LogP contribution is -2.04. The van der Waals surface area contributed by atoms with Crippen LogP contribution in [0.2, 0.25) is 4.34 Å². The van der Waals surface area contributed by atoms with Gasteiger partial charge in [0.25, 0.3) is 0 Å². The molecule has 0 unspecified atom stereocenters.